The monoisotopic (exact) mass is 835 g/mol. The van der Waals surface area contributed by atoms with Gasteiger partial charge in [-0.05, 0) is 31.1 Å². The summed E-state index contributed by atoms with van der Waals surface area (Å²) in [7, 11) is 0. The highest BCUT2D eigenvalue weighted by atomic mass is 16.6. The molecule has 59 heavy (non-hydrogen) atoms. The summed E-state index contributed by atoms with van der Waals surface area (Å²) in [5.41, 5.74) is 0. The zero-order chi connectivity index (χ0) is 43.3. The van der Waals surface area contributed by atoms with Gasteiger partial charge in [0.05, 0.1) is 0 Å². The largest absolute Gasteiger partial charge is 0.462 e. The van der Waals surface area contributed by atoms with Gasteiger partial charge >= 0.3 is 17.9 Å². The smallest absolute Gasteiger partial charge is 0.306 e. The number of hydrogen-bond donors (Lipinski definition) is 0. The van der Waals surface area contributed by atoms with Gasteiger partial charge in [0.2, 0.25) is 0 Å². The maximum absolute atomic E-state index is 12.8. The van der Waals surface area contributed by atoms with Gasteiger partial charge in [0.1, 0.15) is 13.2 Å². The van der Waals surface area contributed by atoms with Crippen molar-refractivity contribution in [3.63, 3.8) is 0 Å². The predicted molar refractivity (Wildman–Crippen MR) is 252 cm³/mol. The lowest BCUT2D eigenvalue weighted by atomic mass is 10.0. The molecule has 0 N–H and O–H groups in total. The molecule has 0 amide bonds. The highest BCUT2D eigenvalue weighted by Gasteiger charge is 2.19. The van der Waals surface area contributed by atoms with E-state index in [0.29, 0.717) is 19.3 Å². The van der Waals surface area contributed by atoms with E-state index in [0.717, 1.165) is 69.6 Å². The number of hydrogen-bond acceptors (Lipinski definition) is 6. The third kappa shape index (κ3) is 47.3. The third-order valence-electron chi connectivity index (χ3n) is 12.0. The van der Waals surface area contributed by atoms with Crippen molar-refractivity contribution in [1.82, 2.24) is 0 Å². The van der Waals surface area contributed by atoms with E-state index in [1.165, 1.54) is 180 Å². The first-order chi connectivity index (χ1) is 28.7. The zero-order valence-corrected chi connectivity index (χ0v) is 40.4. The molecule has 0 aromatic rings. The molecule has 0 bridgehead atoms. The fraction of sp³-hybridized carbons (Fsp3) is 0.943. The quantitative estimate of drug-likeness (QED) is 0.0345. The van der Waals surface area contributed by atoms with Gasteiger partial charge < -0.3 is 14.2 Å². The van der Waals surface area contributed by atoms with Gasteiger partial charge in [-0.15, -0.1) is 0 Å². The summed E-state index contributed by atoms with van der Waals surface area (Å²) >= 11 is 0. The van der Waals surface area contributed by atoms with Crippen LogP contribution < -0.4 is 0 Å². The standard InChI is InChI=1S/C53H102O6/c1-6-7-8-9-10-11-12-13-14-15-16-17-18-21-25-28-35-40-45-53(56)59-50(47-58-52(55)44-39-34-30-29-32-37-42-49(4)5)46-57-51(54)43-38-33-27-24-22-19-20-23-26-31-36-41-48(2)3/h48-50H,6-47H2,1-5H3/t50-/m0/s1. The highest BCUT2D eigenvalue weighted by molar-refractivity contribution is 5.71. The molecule has 0 heterocycles. The van der Waals surface area contributed by atoms with Crippen molar-refractivity contribution in [2.75, 3.05) is 13.2 Å². The van der Waals surface area contributed by atoms with Crippen LogP contribution in [0, 0.1) is 11.8 Å². The Balaban J connectivity index is 4.25. The molecule has 0 aromatic heterocycles. The van der Waals surface area contributed by atoms with Crippen molar-refractivity contribution in [2.24, 2.45) is 11.8 Å². The molecule has 0 radical (unpaired) electrons. The lowest BCUT2D eigenvalue weighted by Crippen LogP contribution is -2.30. The Morgan fingerprint density at radius 2 is 0.559 bits per heavy atom. The molecule has 0 aliphatic carbocycles. The Morgan fingerprint density at radius 1 is 0.322 bits per heavy atom. The summed E-state index contributed by atoms with van der Waals surface area (Å²) in [5.74, 6) is 0.737. The molecule has 0 aliphatic rings. The van der Waals surface area contributed by atoms with Crippen molar-refractivity contribution in [2.45, 2.75) is 298 Å². The Labute approximate surface area is 368 Å². The second-order valence-corrected chi connectivity index (χ2v) is 19.1. The van der Waals surface area contributed by atoms with Crippen LogP contribution in [0.3, 0.4) is 0 Å². The third-order valence-corrected chi connectivity index (χ3v) is 12.0. The Kier molecular flexibility index (Phi) is 44.7. The summed E-state index contributed by atoms with van der Waals surface area (Å²) in [6.45, 7) is 11.3. The Morgan fingerprint density at radius 3 is 0.831 bits per heavy atom. The first-order valence-electron chi connectivity index (χ1n) is 26.2. The van der Waals surface area contributed by atoms with Crippen LogP contribution in [0.5, 0.6) is 0 Å². The molecule has 0 spiro atoms. The maximum Gasteiger partial charge on any atom is 0.306 e. The number of carbonyl (C=O) groups is 3. The van der Waals surface area contributed by atoms with Crippen LogP contribution in [-0.2, 0) is 28.6 Å². The van der Waals surface area contributed by atoms with Crippen molar-refractivity contribution in [3.05, 3.63) is 0 Å². The summed E-state index contributed by atoms with van der Waals surface area (Å²) in [5, 5.41) is 0. The summed E-state index contributed by atoms with van der Waals surface area (Å²) in [6, 6.07) is 0. The van der Waals surface area contributed by atoms with E-state index in [-0.39, 0.29) is 31.1 Å². The molecule has 0 saturated heterocycles. The first-order valence-corrected chi connectivity index (χ1v) is 26.2. The molecule has 0 fully saturated rings. The minimum Gasteiger partial charge on any atom is -0.462 e. The average molecular weight is 835 g/mol. The molecule has 350 valence electrons. The Bertz CT molecular complexity index is 900. The van der Waals surface area contributed by atoms with Crippen LogP contribution in [0.15, 0.2) is 0 Å². The van der Waals surface area contributed by atoms with Crippen LogP contribution >= 0.6 is 0 Å². The number of unbranched alkanes of at least 4 members (excludes halogenated alkanes) is 32. The van der Waals surface area contributed by atoms with Crippen LogP contribution in [0.4, 0.5) is 0 Å². The van der Waals surface area contributed by atoms with Crippen LogP contribution in [0.25, 0.3) is 0 Å². The summed E-state index contributed by atoms with van der Waals surface area (Å²) < 4.78 is 16.8. The summed E-state index contributed by atoms with van der Waals surface area (Å²) in [4.78, 5) is 37.9. The van der Waals surface area contributed by atoms with E-state index in [9.17, 15) is 14.4 Å². The lowest BCUT2D eigenvalue weighted by molar-refractivity contribution is -0.167. The van der Waals surface area contributed by atoms with E-state index in [2.05, 4.69) is 34.6 Å². The van der Waals surface area contributed by atoms with Crippen LogP contribution in [0.2, 0.25) is 0 Å². The SMILES string of the molecule is CCCCCCCCCCCCCCCCCCCCC(=O)O[C@@H](COC(=O)CCCCCCCCCCCCCC(C)C)COC(=O)CCCCCCCCC(C)C. The molecule has 1 atom stereocenters. The lowest BCUT2D eigenvalue weighted by Gasteiger charge is -2.18. The van der Waals surface area contributed by atoms with Gasteiger partial charge in [0.25, 0.3) is 0 Å². The van der Waals surface area contributed by atoms with E-state index in [1.807, 2.05) is 0 Å². The van der Waals surface area contributed by atoms with Crippen LogP contribution in [0.1, 0.15) is 291 Å². The van der Waals surface area contributed by atoms with E-state index in [1.54, 1.807) is 0 Å². The molecule has 0 unspecified atom stereocenters. The van der Waals surface area contributed by atoms with Gasteiger partial charge in [-0.3, -0.25) is 14.4 Å². The molecule has 0 aliphatic heterocycles. The molecule has 0 aromatic carbocycles. The fourth-order valence-corrected chi connectivity index (χ4v) is 7.99. The van der Waals surface area contributed by atoms with Crippen molar-refractivity contribution in [1.29, 1.82) is 0 Å². The minimum atomic E-state index is -0.762. The normalized spacial score (nSPS) is 12.1. The van der Waals surface area contributed by atoms with Gasteiger partial charge in [-0.1, -0.05) is 253 Å². The van der Waals surface area contributed by atoms with Gasteiger partial charge in [0.15, 0.2) is 6.10 Å². The van der Waals surface area contributed by atoms with E-state index < -0.39 is 6.10 Å². The average Bonchev–Trinajstić information content (AvgIpc) is 3.20. The second kappa shape index (κ2) is 45.9. The molecular weight excluding hydrogens is 733 g/mol. The topological polar surface area (TPSA) is 78.9 Å². The molecule has 0 rings (SSSR count). The van der Waals surface area contributed by atoms with Gasteiger partial charge in [-0.2, -0.15) is 0 Å². The molecule has 0 saturated carbocycles. The van der Waals surface area contributed by atoms with Gasteiger partial charge in [0, 0.05) is 19.3 Å². The maximum atomic E-state index is 12.8. The zero-order valence-electron chi connectivity index (χ0n) is 40.4. The summed E-state index contributed by atoms with van der Waals surface area (Å²) in [6.07, 6.45) is 46.8. The molecular formula is C53H102O6. The first kappa shape index (κ1) is 57.4. The van der Waals surface area contributed by atoms with Crippen molar-refractivity contribution in [3.8, 4) is 0 Å². The number of ether oxygens (including phenoxy) is 3. The van der Waals surface area contributed by atoms with E-state index in [4.69, 9.17) is 14.2 Å². The Hall–Kier alpha value is -1.59. The van der Waals surface area contributed by atoms with Crippen LogP contribution in [-0.4, -0.2) is 37.2 Å². The van der Waals surface area contributed by atoms with Crippen molar-refractivity contribution < 1.29 is 28.6 Å². The fourth-order valence-electron chi connectivity index (χ4n) is 7.99. The predicted octanol–water partition coefficient (Wildman–Crippen LogP) is 16.9. The van der Waals surface area contributed by atoms with E-state index >= 15 is 0 Å². The molecule has 6 heteroatoms. The minimum absolute atomic E-state index is 0.0647. The number of rotatable bonds is 47. The molecule has 6 nitrogen and oxygen atoms in total. The van der Waals surface area contributed by atoms with Crippen molar-refractivity contribution >= 4 is 17.9 Å². The number of carbonyl (C=O) groups excluding carboxylic acids is 3. The second-order valence-electron chi connectivity index (χ2n) is 19.1. The number of esters is 3. The van der Waals surface area contributed by atoms with Gasteiger partial charge in [-0.25, -0.2) is 0 Å². The highest BCUT2D eigenvalue weighted by Crippen LogP contribution is 2.17.